The molecule has 1 saturated heterocycles. The van der Waals surface area contributed by atoms with Gasteiger partial charge in [-0.1, -0.05) is 11.3 Å². The quantitative estimate of drug-likeness (QED) is 0.775. The number of fused-ring (bicyclic) bond motifs is 1. The second-order valence-corrected chi connectivity index (χ2v) is 7.81. The Morgan fingerprint density at radius 1 is 1.28 bits per heavy atom. The number of nitrogens with zero attached hydrogens (tertiary/aromatic N) is 5. The SMILES string of the molecule is COc1nc(C)ccc1-c1cnc2sc(N3CCC(C)(N)CC3)nn12. The Kier molecular flexibility index (Phi) is 3.88. The molecule has 8 heteroatoms. The molecule has 0 saturated carbocycles. The zero-order chi connectivity index (χ0) is 17.6. The molecule has 0 amide bonds. The van der Waals surface area contributed by atoms with Crippen molar-refractivity contribution in [3.8, 4) is 17.1 Å². The molecule has 1 fully saturated rings. The van der Waals surface area contributed by atoms with E-state index in [0.717, 1.165) is 53.0 Å². The van der Waals surface area contributed by atoms with E-state index in [0.29, 0.717) is 5.88 Å². The number of anilines is 1. The van der Waals surface area contributed by atoms with Crippen LogP contribution in [0.2, 0.25) is 0 Å². The number of hydrogen-bond acceptors (Lipinski definition) is 7. The van der Waals surface area contributed by atoms with Gasteiger partial charge in [-0.25, -0.2) is 14.5 Å². The van der Waals surface area contributed by atoms with Gasteiger partial charge in [-0.3, -0.25) is 0 Å². The third kappa shape index (κ3) is 2.96. The fraction of sp³-hybridized carbons (Fsp3) is 0.471. The molecular formula is C17H22N6OS. The highest BCUT2D eigenvalue weighted by atomic mass is 32.1. The molecule has 0 atom stereocenters. The molecule has 132 valence electrons. The average molecular weight is 358 g/mol. The number of aromatic nitrogens is 4. The van der Waals surface area contributed by atoms with E-state index in [9.17, 15) is 0 Å². The van der Waals surface area contributed by atoms with E-state index >= 15 is 0 Å². The minimum absolute atomic E-state index is 0.0694. The number of methoxy groups -OCH3 is 1. The fourth-order valence-electron chi connectivity index (χ4n) is 3.09. The predicted molar refractivity (Wildman–Crippen MR) is 99.4 cm³/mol. The molecule has 1 aliphatic rings. The summed E-state index contributed by atoms with van der Waals surface area (Å²) in [6, 6.07) is 3.97. The van der Waals surface area contributed by atoms with Gasteiger partial charge in [-0.15, -0.1) is 5.10 Å². The van der Waals surface area contributed by atoms with E-state index in [1.165, 1.54) is 0 Å². The molecule has 0 aliphatic carbocycles. The van der Waals surface area contributed by atoms with Crippen LogP contribution in [-0.4, -0.2) is 45.3 Å². The number of nitrogens with two attached hydrogens (primary N) is 1. The number of piperidine rings is 1. The van der Waals surface area contributed by atoms with Gasteiger partial charge in [0.1, 0.15) is 0 Å². The monoisotopic (exact) mass is 358 g/mol. The van der Waals surface area contributed by atoms with E-state index in [2.05, 4.69) is 21.8 Å². The van der Waals surface area contributed by atoms with Crippen LogP contribution in [0.4, 0.5) is 5.13 Å². The average Bonchev–Trinajstić information content (AvgIpc) is 3.15. The number of rotatable bonds is 3. The Bertz CT molecular complexity index is 905. The number of imidazole rings is 1. The number of ether oxygens (including phenoxy) is 1. The standard InChI is InChI=1S/C17H22N6OS/c1-11-4-5-12(14(20-11)24-3)13-10-19-15-23(13)21-16(25-15)22-8-6-17(2,18)7-9-22/h4-5,10H,6-9,18H2,1-3H3. The highest BCUT2D eigenvalue weighted by Crippen LogP contribution is 2.33. The highest BCUT2D eigenvalue weighted by molar-refractivity contribution is 7.20. The lowest BCUT2D eigenvalue weighted by molar-refractivity contribution is 0.363. The van der Waals surface area contributed by atoms with E-state index in [4.69, 9.17) is 15.6 Å². The Labute approximate surface area is 150 Å². The number of hydrogen-bond donors (Lipinski definition) is 1. The van der Waals surface area contributed by atoms with E-state index < -0.39 is 0 Å². The second kappa shape index (κ2) is 5.96. The first kappa shape index (κ1) is 16.3. The second-order valence-electron chi connectivity index (χ2n) is 6.87. The predicted octanol–water partition coefficient (Wildman–Crippen LogP) is 2.49. The first-order valence-corrected chi connectivity index (χ1v) is 9.19. The molecule has 0 spiro atoms. The van der Waals surface area contributed by atoms with Gasteiger partial charge in [0, 0.05) is 24.3 Å². The molecule has 1 aliphatic heterocycles. The van der Waals surface area contributed by atoms with Gasteiger partial charge in [0.2, 0.25) is 16.0 Å². The van der Waals surface area contributed by atoms with Gasteiger partial charge in [0.25, 0.3) is 0 Å². The van der Waals surface area contributed by atoms with E-state index in [1.54, 1.807) is 18.4 Å². The summed E-state index contributed by atoms with van der Waals surface area (Å²) in [5.41, 5.74) is 8.87. The molecule has 7 nitrogen and oxygen atoms in total. The first-order valence-electron chi connectivity index (χ1n) is 8.37. The van der Waals surface area contributed by atoms with Crippen LogP contribution in [0, 0.1) is 6.92 Å². The van der Waals surface area contributed by atoms with Gasteiger partial charge in [0.05, 0.1) is 24.6 Å². The Morgan fingerprint density at radius 3 is 2.76 bits per heavy atom. The maximum atomic E-state index is 6.24. The zero-order valence-electron chi connectivity index (χ0n) is 14.7. The molecule has 0 bridgehead atoms. The minimum Gasteiger partial charge on any atom is -0.480 e. The summed E-state index contributed by atoms with van der Waals surface area (Å²) >= 11 is 1.60. The maximum absolute atomic E-state index is 6.24. The van der Waals surface area contributed by atoms with Crippen molar-refractivity contribution in [1.29, 1.82) is 0 Å². The van der Waals surface area contributed by atoms with Crippen LogP contribution in [0.3, 0.4) is 0 Å². The first-order chi connectivity index (χ1) is 12.0. The largest absolute Gasteiger partial charge is 0.480 e. The molecule has 4 heterocycles. The Balaban J connectivity index is 1.70. The normalized spacial score (nSPS) is 17.2. The van der Waals surface area contributed by atoms with Crippen LogP contribution < -0.4 is 15.4 Å². The van der Waals surface area contributed by atoms with Crippen molar-refractivity contribution in [2.45, 2.75) is 32.2 Å². The summed E-state index contributed by atoms with van der Waals surface area (Å²) in [7, 11) is 1.63. The van der Waals surface area contributed by atoms with Crippen molar-refractivity contribution in [2.24, 2.45) is 5.73 Å². The topological polar surface area (TPSA) is 81.6 Å². The number of pyridine rings is 1. The van der Waals surface area contributed by atoms with Crippen LogP contribution in [0.15, 0.2) is 18.3 Å². The highest BCUT2D eigenvalue weighted by Gasteiger charge is 2.28. The summed E-state index contributed by atoms with van der Waals surface area (Å²) in [6.45, 7) is 5.91. The van der Waals surface area contributed by atoms with Gasteiger partial charge >= 0.3 is 0 Å². The van der Waals surface area contributed by atoms with Crippen molar-refractivity contribution in [3.05, 3.63) is 24.0 Å². The van der Waals surface area contributed by atoms with Gasteiger partial charge in [0.15, 0.2) is 0 Å². The molecular weight excluding hydrogens is 336 g/mol. The van der Waals surface area contributed by atoms with Crippen LogP contribution in [0.1, 0.15) is 25.5 Å². The van der Waals surface area contributed by atoms with Crippen molar-refractivity contribution >= 4 is 21.4 Å². The molecule has 3 aromatic rings. The third-order valence-corrected chi connectivity index (χ3v) is 5.70. The maximum Gasteiger partial charge on any atom is 0.222 e. The van der Waals surface area contributed by atoms with Crippen molar-refractivity contribution < 1.29 is 4.74 Å². The molecule has 0 radical (unpaired) electrons. The lowest BCUT2D eigenvalue weighted by Gasteiger charge is -2.36. The molecule has 0 aromatic carbocycles. The smallest absolute Gasteiger partial charge is 0.222 e. The van der Waals surface area contributed by atoms with Gasteiger partial charge in [-0.2, -0.15) is 0 Å². The lowest BCUT2D eigenvalue weighted by atomic mass is 9.91. The van der Waals surface area contributed by atoms with Crippen LogP contribution >= 0.6 is 11.3 Å². The van der Waals surface area contributed by atoms with Crippen LogP contribution in [0.25, 0.3) is 16.2 Å². The lowest BCUT2D eigenvalue weighted by Crippen LogP contribution is -2.48. The summed E-state index contributed by atoms with van der Waals surface area (Å²) in [4.78, 5) is 12.1. The van der Waals surface area contributed by atoms with Gasteiger partial charge in [-0.05, 0) is 38.8 Å². The fourth-order valence-corrected chi connectivity index (χ4v) is 4.01. The minimum atomic E-state index is -0.0694. The van der Waals surface area contributed by atoms with Crippen molar-refractivity contribution in [3.63, 3.8) is 0 Å². The molecule has 4 rings (SSSR count). The summed E-state index contributed by atoms with van der Waals surface area (Å²) in [6.07, 6.45) is 3.76. The van der Waals surface area contributed by atoms with Gasteiger partial charge < -0.3 is 15.4 Å². The van der Waals surface area contributed by atoms with Crippen LogP contribution in [-0.2, 0) is 0 Å². The molecule has 25 heavy (non-hydrogen) atoms. The zero-order valence-corrected chi connectivity index (χ0v) is 15.5. The molecule has 0 unspecified atom stereocenters. The number of aryl methyl sites for hydroxylation is 1. The summed E-state index contributed by atoms with van der Waals surface area (Å²) < 4.78 is 7.32. The van der Waals surface area contributed by atoms with Crippen LogP contribution in [0.5, 0.6) is 5.88 Å². The van der Waals surface area contributed by atoms with Crippen molar-refractivity contribution in [2.75, 3.05) is 25.1 Å². The van der Waals surface area contributed by atoms with E-state index in [1.807, 2.05) is 29.8 Å². The Hall–Kier alpha value is -2.19. The Morgan fingerprint density at radius 2 is 2.04 bits per heavy atom. The summed E-state index contributed by atoms with van der Waals surface area (Å²) in [5, 5.41) is 5.78. The molecule has 3 aromatic heterocycles. The third-order valence-electron chi connectivity index (χ3n) is 4.72. The molecule has 2 N–H and O–H groups in total. The summed E-state index contributed by atoms with van der Waals surface area (Å²) in [5.74, 6) is 0.591. The van der Waals surface area contributed by atoms with Crippen molar-refractivity contribution in [1.82, 2.24) is 19.6 Å². The van der Waals surface area contributed by atoms with E-state index in [-0.39, 0.29) is 5.54 Å².